The van der Waals surface area contributed by atoms with Gasteiger partial charge in [-0.05, 0) is 12.1 Å². The average Bonchev–Trinajstić information content (AvgIpc) is 2.02. The fraction of sp³-hybridized carbons (Fsp3) is 0.333. The maximum Gasteiger partial charge on any atom is 0.573 e. The van der Waals surface area contributed by atoms with E-state index in [-0.39, 0.29) is 5.75 Å². The van der Waals surface area contributed by atoms with Crippen LogP contribution in [0.3, 0.4) is 0 Å². The fourth-order valence-corrected chi connectivity index (χ4v) is 2.02. The molecule has 0 aromatic heterocycles. The van der Waals surface area contributed by atoms with Crippen molar-refractivity contribution < 1.29 is 17.9 Å². The van der Waals surface area contributed by atoms with Crippen LogP contribution in [0.5, 0.6) is 5.75 Å². The standard InChI is InChI=1S/C9H11F3OSi/c1-14(2)8-5-3-7(4-6-8)13-9(10,11)12/h3-6,14H,1-2H3. The predicted octanol–water partition coefficient (Wildman–Crippen LogP) is 2.28. The molecule has 0 N–H and O–H groups in total. The van der Waals surface area contributed by atoms with E-state index in [1.54, 1.807) is 12.1 Å². The molecule has 0 unspecified atom stereocenters. The molecule has 14 heavy (non-hydrogen) atoms. The van der Waals surface area contributed by atoms with Crippen molar-refractivity contribution in [2.75, 3.05) is 0 Å². The van der Waals surface area contributed by atoms with Crippen LogP contribution in [0.15, 0.2) is 24.3 Å². The summed E-state index contributed by atoms with van der Waals surface area (Å²) in [4.78, 5) is 0. The molecule has 0 spiro atoms. The maximum atomic E-state index is 11.8. The second-order valence-electron chi connectivity index (χ2n) is 3.27. The highest BCUT2D eigenvalue weighted by molar-refractivity contribution is 6.70. The quantitative estimate of drug-likeness (QED) is 0.695. The molecule has 0 aliphatic heterocycles. The third-order valence-corrected chi connectivity index (χ3v) is 3.50. The number of halogens is 3. The van der Waals surface area contributed by atoms with E-state index in [4.69, 9.17) is 0 Å². The first kappa shape index (κ1) is 11.1. The fourth-order valence-electron chi connectivity index (χ4n) is 1.05. The molecule has 0 saturated carbocycles. The molecule has 0 aliphatic carbocycles. The second kappa shape index (κ2) is 4.04. The van der Waals surface area contributed by atoms with Gasteiger partial charge in [0.25, 0.3) is 0 Å². The molecular formula is C9H11F3OSi. The van der Waals surface area contributed by atoms with Gasteiger partial charge in [0.05, 0.1) is 8.80 Å². The van der Waals surface area contributed by atoms with E-state index >= 15 is 0 Å². The van der Waals surface area contributed by atoms with Gasteiger partial charge in [0, 0.05) is 0 Å². The van der Waals surface area contributed by atoms with E-state index in [1.807, 2.05) is 0 Å². The first-order chi connectivity index (χ1) is 6.38. The smallest absolute Gasteiger partial charge is 0.406 e. The van der Waals surface area contributed by atoms with Crippen molar-refractivity contribution in [1.82, 2.24) is 0 Å². The van der Waals surface area contributed by atoms with E-state index in [1.165, 1.54) is 12.1 Å². The normalized spacial score (nSPS) is 11.9. The molecule has 1 nitrogen and oxygen atoms in total. The lowest BCUT2D eigenvalue weighted by Crippen LogP contribution is -2.22. The molecule has 0 heterocycles. The molecule has 0 atom stereocenters. The van der Waals surface area contributed by atoms with Crippen molar-refractivity contribution in [3.63, 3.8) is 0 Å². The van der Waals surface area contributed by atoms with E-state index in [0.717, 1.165) is 5.19 Å². The van der Waals surface area contributed by atoms with Crippen LogP contribution in [0, 0.1) is 0 Å². The summed E-state index contributed by atoms with van der Waals surface area (Å²) in [6.45, 7) is 4.22. The SMILES string of the molecule is C[SiH](C)c1ccc(OC(F)(F)F)cc1. The molecule has 0 amide bonds. The first-order valence-electron chi connectivity index (χ1n) is 4.24. The van der Waals surface area contributed by atoms with Crippen molar-refractivity contribution in [3.8, 4) is 5.75 Å². The summed E-state index contributed by atoms with van der Waals surface area (Å²) >= 11 is 0. The minimum absolute atomic E-state index is 0.157. The van der Waals surface area contributed by atoms with Crippen LogP contribution in [-0.2, 0) is 0 Å². The summed E-state index contributed by atoms with van der Waals surface area (Å²) in [5.41, 5.74) is 0. The molecule has 5 heteroatoms. The Bertz CT molecular complexity index is 292. The van der Waals surface area contributed by atoms with Crippen LogP contribution in [0.4, 0.5) is 13.2 Å². The third-order valence-electron chi connectivity index (χ3n) is 1.78. The number of benzene rings is 1. The largest absolute Gasteiger partial charge is 0.573 e. The van der Waals surface area contributed by atoms with Gasteiger partial charge < -0.3 is 4.74 Å². The molecule has 0 aliphatic rings. The van der Waals surface area contributed by atoms with Crippen LogP contribution in [0.1, 0.15) is 0 Å². The minimum Gasteiger partial charge on any atom is -0.406 e. The molecule has 1 rings (SSSR count). The lowest BCUT2D eigenvalue weighted by molar-refractivity contribution is -0.274. The third kappa shape index (κ3) is 3.41. The number of ether oxygens (including phenoxy) is 1. The average molecular weight is 220 g/mol. The zero-order chi connectivity index (χ0) is 10.8. The van der Waals surface area contributed by atoms with Crippen LogP contribution in [-0.4, -0.2) is 15.2 Å². The van der Waals surface area contributed by atoms with Gasteiger partial charge in [-0.2, -0.15) is 0 Å². The van der Waals surface area contributed by atoms with Crippen LogP contribution in [0.25, 0.3) is 0 Å². The Morgan fingerprint density at radius 1 is 1.07 bits per heavy atom. The Labute approximate surface area is 82.1 Å². The molecule has 0 bridgehead atoms. The highest BCUT2D eigenvalue weighted by atomic mass is 28.3. The van der Waals surface area contributed by atoms with Gasteiger partial charge in [-0.25, -0.2) is 0 Å². The van der Waals surface area contributed by atoms with E-state index in [9.17, 15) is 13.2 Å². The number of hydrogen-bond acceptors (Lipinski definition) is 1. The molecule has 1 aromatic rings. The van der Waals surface area contributed by atoms with Crippen LogP contribution < -0.4 is 9.92 Å². The summed E-state index contributed by atoms with van der Waals surface area (Å²) in [5.74, 6) is -0.157. The van der Waals surface area contributed by atoms with Crippen molar-refractivity contribution in [3.05, 3.63) is 24.3 Å². The highest BCUT2D eigenvalue weighted by Gasteiger charge is 2.30. The molecule has 0 saturated heterocycles. The Kier molecular flexibility index (Phi) is 3.20. The molecule has 78 valence electrons. The molecular weight excluding hydrogens is 209 g/mol. The van der Waals surface area contributed by atoms with Crippen molar-refractivity contribution >= 4 is 14.0 Å². The van der Waals surface area contributed by atoms with Gasteiger partial charge in [0.2, 0.25) is 0 Å². The zero-order valence-corrected chi connectivity index (χ0v) is 9.08. The van der Waals surface area contributed by atoms with Gasteiger partial charge in [0.1, 0.15) is 5.75 Å². The van der Waals surface area contributed by atoms with E-state index in [2.05, 4.69) is 17.8 Å². The summed E-state index contributed by atoms with van der Waals surface area (Å²) in [5, 5.41) is 1.12. The topological polar surface area (TPSA) is 9.23 Å². The maximum absolute atomic E-state index is 11.8. The van der Waals surface area contributed by atoms with Crippen molar-refractivity contribution in [2.45, 2.75) is 19.5 Å². The van der Waals surface area contributed by atoms with Crippen molar-refractivity contribution in [1.29, 1.82) is 0 Å². The molecule has 1 aromatic carbocycles. The predicted molar refractivity (Wildman–Crippen MR) is 51.6 cm³/mol. The Morgan fingerprint density at radius 3 is 1.93 bits per heavy atom. The molecule has 0 radical (unpaired) electrons. The lowest BCUT2D eigenvalue weighted by atomic mass is 10.3. The van der Waals surface area contributed by atoms with Gasteiger partial charge in [-0.15, -0.1) is 13.2 Å². The monoisotopic (exact) mass is 220 g/mol. The number of alkyl halides is 3. The van der Waals surface area contributed by atoms with E-state index in [0.29, 0.717) is 0 Å². The lowest BCUT2D eigenvalue weighted by Gasteiger charge is -2.09. The second-order valence-corrected chi connectivity index (χ2v) is 6.25. The number of rotatable bonds is 2. The Morgan fingerprint density at radius 2 is 1.57 bits per heavy atom. The van der Waals surface area contributed by atoms with Gasteiger partial charge in [-0.1, -0.05) is 30.4 Å². The van der Waals surface area contributed by atoms with E-state index < -0.39 is 15.2 Å². The molecule has 0 fully saturated rings. The minimum atomic E-state index is -4.60. The van der Waals surface area contributed by atoms with Gasteiger partial charge >= 0.3 is 6.36 Å². The van der Waals surface area contributed by atoms with Gasteiger partial charge in [-0.3, -0.25) is 0 Å². The van der Waals surface area contributed by atoms with Crippen molar-refractivity contribution in [2.24, 2.45) is 0 Å². The first-order valence-corrected chi connectivity index (χ1v) is 7.13. The Balaban J connectivity index is 2.74. The number of hydrogen-bond donors (Lipinski definition) is 0. The highest BCUT2D eigenvalue weighted by Crippen LogP contribution is 2.21. The Hall–Kier alpha value is -0.973. The summed E-state index contributed by atoms with van der Waals surface area (Å²) in [7, 11) is -0.939. The summed E-state index contributed by atoms with van der Waals surface area (Å²) < 4.78 is 39.1. The van der Waals surface area contributed by atoms with Crippen LogP contribution in [0.2, 0.25) is 13.1 Å². The van der Waals surface area contributed by atoms with Gasteiger partial charge in [0.15, 0.2) is 0 Å². The summed E-state index contributed by atoms with van der Waals surface area (Å²) in [6.07, 6.45) is -4.60. The van der Waals surface area contributed by atoms with Crippen LogP contribution >= 0.6 is 0 Å². The zero-order valence-electron chi connectivity index (χ0n) is 7.93. The summed E-state index contributed by atoms with van der Waals surface area (Å²) in [6, 6.07) is 6.10.